The van der Waals surface area contributed by atoms with Gasteiger partial charge in [-0.2, -0.15) is 0 Å². The number of hydrogen-bond donors (Lipinski definition) is 0. The zero-order valence-electron chi connectivity index (χ0n) is 16.0. The van der Waals surface area contributed by atoms with Crippen LogP contribution in [0.15, 0.2) is 60.8 Å². The molecular formula is C23H18N2O4. The Morgan fingerprint density at radius 2 is 1.72 bits per heavy atom. The number of hydrogen-bond acceptors (Lipinski definition) is 5. The first-order valence-corrected chi connectivity index (χ1v) is 9.19. The van der Waals surface area contributed by atoms with Crippen LogP contribution in [0.2, 0.25) is 0 Å². The van der Waals surface area contributed by atoms with Gasteiger partial charge in [-0.3, -0.25) is 9.36 Å². The van der Waals surface area contributed by atoms with Crippen molar-refractivity contribution < 1.29 is 19.0 Å². The highest BCUT2D eigenvalue weighted by Gasteiger charge is 2.32. The lowest BCUT2D eigenvalue weighted by Crippen LogP contribution is -2.08. The van der Waals surface area contributed by atoms with Gasteiger partial charge >= 0.3 is 0 Å². The number of methoxy groups -OCH3 is 2. The normalized spacial score (nSPS) is 12.0. The van der Waals surface area contributed by atoms with E-state index in [1.54, 1.807) is 31.0 Å². The molecule has 6 heteroatoms. The van der Waals surface area contributed by atoms with Crippen LogP contribution in [0.25, 0.3) is 22.3 Å². The predicted octanol–water partition coefficient (Wildman–Crippen LogP) is 4.30. The summed E-state index contributed by atoms with van der Waals surface area (Å²) in [6.45, 7) is 0.260. The first-order chi connectivity index (χ1) is 14.2. The van der Waals surface area contributed by atoms with E-state index in [0.717, 1.165) is 22.2 Å². The molecule has 0 spiro atoms. The molecule has 6 nitrogen and oxygen atoms in total. The van der Waals surface area contributed by atoms with Crippen molar-refractivity contribution in [2.45, 2.75) is 6.61 Å². The van der Waals surface area contributed by atoms with E-state index >= 15 is 0 Å². The van der Waals surface area contributed by atoms with Crippen molar-refractivity contribution in [3.63, 3.8) is 0 Å². The van der Waals surface area contributed by atoms with Crippen LogP contribution in [-0.2, 0) is 6.61 Å². The minimum Gasteiger partial charge on any atom is -0.497 e. The van der Waals surface area contributed by atoms with Gasteiger partial charge in [0.25, 0.3) is 5.91 Å². The van der Waals surface area contributed by atoms with Gasteiger partial charge in [-0.1, -0.05) is 12.1 Å². The molecule has 4 aromatic rings. The van der Waals surface area contributed by atoms with Crippen LogP contribution in [0.3, 0.4) is 0 Å². The molecule has 29 heavy (non-hydrogen) atoms. The lowest BCUT2D eigenvalue weighted by atomic mass is 10.1. The van der Waals surface area contributed by atoms with Crippen molar-refractivity contribution in [2.24, 2.45) is 0 Å². The second kappa shape index (κ2) is 6.67. The zero-order chi connectivity index (χ0) is 20.0. The first-order valence-electron chi connectivity index (χ1n) is 9.19. The topological polar surface area (TPSA) is 62.6 Å². The van der Waals surface area contributed by atoms with E-state index in [1.807, 2.05) is 48.5 Å². The Morgan fingerprint density at radius 3 is 2.48 bits per heavy atom. The molecule has 144 valence electrons. The zero-order valence-corrected chi connectivity index (χ0v) is 16.0. The quantitative estimate of drug-likeness (QED) is 0.451. The van der Waals surface area contributed by atoms with Gasteiger partial charge in [-0.15, -0.1) is 0 Å². The molecule has 2 aromatic heterocycles. The number of carbonyl (C=O) groups excluding carboxylic acids is 1. The Hall–Kier alpha value is -3.80. The number of fused-ring (bicyclic) bond motifs is 4. The number of rotatable bonds is 5. The maximum Gasteiger partial charge on any atom is 0.268 e. The molecule has 0 atom stereocenters. The first kappa shape index (κ1) is 17.3. The van der Waals surface area contributed by atoms with Crippen molar-refractivity contribution in [3.05, 3.63) is 71.9 Å². The molecule has 1 aliphatic heterocycles. The van der Waals surface area contributed by atoms with Crippen molar-refractivity contribution in [1.29, 1.82) is 0 Å². The molecule has 1 aliphatic rings. The van der Waals surface area contributed by atoms with Crippen molar-refractivity contribution in [3.8, 4) is 28.6 Å². The molecule has 2 aromatic carbocycles. The van der Waals surface area contributed by atoms with Crippen molar-refractivity contribution >= 4 is 16.8 Å². The monoisotopic (exact) mass is 386 g/mol. The number of ether oxygens (including phenoxy) is 3. The molecule has 0 radical (unpaired) electrons. The third-order valence-electron chi connectivity index (χ3n) is 5.06. The van der Waals surface area contributed by atoms with E-state index < -0.39 is 0 Å². The van der Waals surface area contributed by atoms with E-state index in [1.165, 1.54) is 0 Å². The minimum absolute atomic E-state index is 0.128. The van der Waals surface area contributed by atoms with Gasteiger partial charge in [0, 0.05) is 17.6 Å². The molecule has 5 rings (SSSR count). The number of aromatic nitrogens is 2. The largest absolute Gasteiger partial charge is 0.497 e. The highest BCUT2D eigenvalue weighted by atomic mass is 16.5. The number of carbonyl (C=O) groups is 1. The van der Waals surface area contributed by atoms with Crippen LogP contribution < -0.4 is 14.2 Å². The van der Waals surface area contributed by atoms with Crippen molar-refractivity contribution in [2.75, 3.05) is 14.2 Å². The average Bonchev–Trinajstić information content (AvgIpc) is 3.34. The maximum atomic E-state index is 13.0. The van der Waals surface area contributed by atoms with Crippen LogP contribution >= 0.6 is 0 Å². The fourth-order valence-corrected chi connectivity index (χ4v) is 3.69. The standard InChI is InChI=1S/C23H18N2O4/c1-27-15-10-14(11-16(12-15)28-2)13-29-22-17-6-3-4-7-18(17)24-21-19-8-5-9-25(19)23(26)20(21)22/h3-12H,13H2,1-2H3. The Morgan fingerprint density at radius 1 is 0.966 bits per heavy atom. The van der Waals surface area contributed by atoms with Gasteiger partial charge in [0.15, 0.2) is 0 Å². The van der Waals surface area contributed by atoms with Gasteiger partial charge < -0.3 is 14.2 Å². The minimum atomic E-state index is -0.128. The second-order valence-corrected chi connectivity index (χ2v) is 6.76. The highest BCUT2D eigenvalue weighted by Crippen LogP contribution is 2.41. The number of benzene rings is 2. The molecule has 0 amide bonds. The lowest BCUT2D eigenvalue weighted by molar-refractivity contribution is 0.0965. The van der Waals surface area contributed by atoms with Crippen LogP contribution in [0.4, 0.5) is 0 Å². The summed E-state index contributed by atoms with van der Waals surface area (Å²) in [6.07, 6.45) is 1.75. The molecule has 0 saturated carbocycles. The molecule has 0 N–H and O–H groups in total. The molecule has 0 aliphatic carbocycles. The van der Waals surface area contributed by atoms with Gasteiger partial charge in [0.05, 0.1) is 25.4 Å². The van der Waals surface area contributed by atoms with Crippen LogP contribution in [-0.4, -0.2) is 29.7 Å². The lowest BCUT2D eigenvalue weighted by Gasteiger charge is -2.14. The third-order valence-corrected chi connectivity index (χ3v) is 5.06. The smallest absolute Gasteiger partial charge is 0.268 e. The van der Waals surface area contributed by atoms with Gasteiger partial charge in [0.1, 0.15) is 35.1 Å². The molecule has 0 fully saturated rings. The van der Waals surface area contributed by atoms with E-state index in [9.17, 15) is 4.79 Å². The molecular weight excluding hydrogens is 368 g/mol. The third kappa shape index (κ3) is 2.72. The Labute approximate surface area is 167 Å². The summed E-state index contributed by atoms with van der Waals surface area (Å²) >= 11 is 0. The SMILES string of the molecule is COc1cc(COc2c3c(nc4ccccc24)-c2cccn2C3=O)cc(OC)c1. The van der Waals surface area contributed by atoms with Crippen LogP contribution in [0.1, 0.15) is 15.9 Å². The number of nitrogens with zero attached hydrogens (tertiary/aromatic N) is 2. The van der Waals surface area contributed by atoms with Gasteiger partial charge in [-0.05, 0) is 42.0 Å². The molecule has 0 saturated heterocycles. The van der Waals surface area contributed by atoms with E-state index in [-0.39, 0.29) is 12.5 Å². The summed E-state index contributed by atoms with van der Waals surface area (Å²) < 4.78 is 18.5. The van der Waals surface area contributed by atoms with Crippen LogP contribution in [0, 0.1) is 0 Å². The fourth-order valence-electron chi connectivity index (χ4n) is 3.69. The van der Waals surface area contributed by atoms with Gasteiger partial charge in [0.2, 0.25) is 0 Å². The van der Waals surface area contributed by atoms with E-state index in [2.05, 4.69) is 0 Å². The summed E-state index contributed by atoms with van der Waals surface area (Å²) in [6, 6.07) is 17.0. The maximum absolute atomic E-state index is 13.0. The Bertz CT molecular complexity index is 1240. The predicted molar refractivity (Wildman–Crippen MR) is 109 cm³/mol. The second-order valence-electron chi connectivity index (χ2n) is 6.76. The Balaban J connectivity index is 1.61. The van der Waals surface area contributed by atoms with E-state index in [4.69, 9.17) is 19.2 Å². The molecule has 0 unspecified atom stereocenters. The average molecular weight is 386 g/mol. The summed E-state index contributed by atoms with van der Waals surface area (Å²) in [7, 11) is 3.21. The summed E-state index contributed by atoms with van der Waals surface area (Å²) in [5, 5.41) is 0.806. The molecule has 3 heterocycles. The number of para-hydroxylation sites is 1. The summed E-state index contributed by atoms with van der Waals surface area (Å²) in [4.78, 5) is 17.8. The fraction of sp³-hybridized carbons (Fsp3) is 0.130. The van der Waals surface area contributed by atoms with Gasteiger partial charge in [-0.25, -0.2) is 4.98 Å². The Kier molecular flexibility index (Phi) is 3.98. The van der Waals surface area contributed by atoms with E-state index in [0.29, 0.717) is 28.5 Å². The number of pyridine rings is 1. The van der Waals surface area contributed by atoms with Crippen LogP contribution in [0.5, 0.6) is 17.2 Å². The highest BCUT2D eigenvalue weighted by molar-refractivity contribution is 6.13. The summed E-state index contributed by atoms with van der Waals surface area (Å²) in [5.41, 5.74) is 3.59. The molecule has 0 bridgehead atoms. The summed E-state index contributed by atoms with van der Waals surface area (Å²) in [5.74, 6) is 1.78. The van der Waals surface area contributed by atoms with Crippen molar-refractivity contribution in [1.82, 2.24) is 9.55 Å².